The number of halogens is 1. The highest BCUT2D eigenvalue weighted by Gasteiger charge is 2.34. The van der Waals surface area contributed by atoms with E-state index in [2.05, 4.69) is 16.2 Å². The average Bonchev–Trinajstić information content (AvgIpc) is 3.12. The molecule has 0 amide bonds. The summed E-state index contributed by atoms with van der Waals surface area (Å²) in [5.74, 6) is -1.03. The molecule has 6 nitrogen and oxygen atoms in total. The first-order valence-corrected chi connectivity index (χ1v) is 11.1. The smallest absolute Gasteiger partial charge is 0.186 e. The summed E-state index contributed by atoms with van der Waals surface area (Å²) in [7, 11) is -3.75. The maximum Gasteiger partial charge on any atom is 0.186 e. The third kappa shape index (κ3) is 3.27. The molecule has 0 unspecified atom stereocenters. The molecule has 0 bridgehead atoms. The standard InChI is InChI=1S/C21H19FN3O3S/c22-19-3-1-2-18-20-16(14-29(26,27)21(18)19)12-23-25(20)17-6-4-15(5-7-17)13-24-8-10-28-11-9-24/h1-7H,8-11,13-14H2. The lowest BCUT2D eigenvalue weighted by atomic mass is 10.1. The van der Waals surface area contributed by atoms with Crippen molar-refractivity contribution in [2.45, 2.75) is 17.2 Å². The summed E-state index contributed by atoms with van der Waals surface area (Å²) in [6.07, 6.45) is 2.81. The molecule has 3 aromatic rings. The van der Waals surface area contributed by atoms with Crippen LogP contribution in [0.25, 0.3) is 16.9 Å². The predicted octanol–water partition coefficient (Wildman–Crippen LogP) is 2.60. The second kappa shape index (κ2) is 7.05. The number of rotatable bonds is 3. The number of morpholine rings is 1. The second-order valence-electron chi connectivity index (χ2n) is 7.28. The van der Waals surface area contributed by atoms with Gasteiger partial charge in [-0.2, -0.15) is 5.10 Å². The third-order valence-corrected chi connectivity index (χ3v) is 7.05. The Hall–Kier alpha value is -2.55. The Kier molecular flexibility index (Phi) is 4.49. The van der Waals surface area contributed by atoms with Crippen LogP contribution in [0.1, 0.15) is 11.1 Å². The molecule has 1 fully saturated rings. The fourth-order valence-corrected chi connectivity index (χ4v) is 5.53. The number of nitrogens with zero attached hydrogens (tertiary/aromatic N) is 3. The average molecular weight is 412 g/mol. The SMILES string of the molecule is O=S1(=O)Cc2[c]nn(-c3ccc(CN4CCOCC4)cc3)c2-c2cccc(F)c21. The van der Waals surface area contributed by atoms with Crippen LogP contribution in [0.3, 0.4) is 0 Å². The van der Waals surface area contributed by atoms with Gasteiger partial charge in [-0.3, -0.25) is 4.90 Å². The van der Waals surface area contributed by atoms with Crippen molar-refractivity contribution in [2.24, 2.45) is 0 Å². The van der Waals surface area contributed by atoms with Crippen LogP contribution in [0.5, 0.6) is 0 Å². The van der Waals surface area contributed by atoms with Gasteiger partial charge in [0.1, 0.15) is 16.9 Å². The Morgan fingerprint density at radius 2 is 1.86 bits per heavy atom. The minimum atomic E-state index is -3.75. The molecule has 29 heavy (non-hydrogen) atoms. The molecular weight excluding hydrogens is 393 g/mol. The van der Waals surface area contributed by atoms with Crippen LogP contribution in [0.4, 0.5) is 4.39 Å². The monoisotopic (exact) mass is 412 g/mol. The number of hydrogen-bond donors (Lipinski definition) is 0. The van der Waals surface area contributed by atoms with Crippen LogP contribution in [-0.2, 0) is 26.9 Å². The molecule has 2 aromatic carbocycles. The summed E-state index contributed by atoms with van der Waals surface area (Å²) in [5, 5.41) is 4.29. The first-order valence-electron chi connectivity index (χ1n) is 9.43. The number of aromatic nitrogens is 2. The number of hydrogen-bond acceptors (Lipinski definition) is 5. The zero-order valence-electron chi connectivity index (χ0n) is 15.6. The summed E-state index contributed by atoms with van der Waals surface area (Å²) in [4.78, 5) is 2.08. The topological polar surface area (TPSA) is 64.4 Å². The van der Waals surface area contributed by atoms with Crippen LogP contribution in [0.15, 0.2) is 47.4 Å². The van der Waals surface area contributed by atoms with Crippen molar-refractivity contribution < 1.29 is 17.5 Å². The van der Waals surface area contributed by atoms with E-state index >= 15 is 0 Å². The van der Waals surface area contributed by atoms with E-state index in [1.807, 2.05) is 24.3 Å². The molecule has 0 spiro atoms. The van der Waals surface area contributed by atoms with Crippen molar-refractivity contribution in [2.75, 3.05) is 26.3 Å². The molecule has 1 aromatic heterocycles. The molecule has 8 heteroatoms. The number of benzene rings is 2. The molecule has 1 radical (unpaired) electrons. The summed E-state index contributed by atoms with van der Waals surface area (Å²) < 4.78 is 46.4. The van der Waals surface area contributed by atoms with E-state index in [1.54, 1.807) is 10.7 Å². The molecule has 5 rings (SSSR count). The van der Waals surface area contributed by atoms with Gasteiger partial charge in [0.25, 0.3) is 0 Å². The van der Waals surface area contributed by atoms with Crippen LogP contribution in [0.2, 0.25) is 0 Å². The zero-order valence-corrected chi connectivity index (χ0v) is 16.5. The van der Waals surface area contributed by atoms with Gasteiger partial charge in [0.05, 0.1) is 30.3 Å². The van der Waals surface area contributed by atoms with Crippen molar-refractivity contribution in [3.8, 4) is 16.9 Å². The first kappa shape index (κ1) is 18.5. The molecule has 149 valence electrons. The number of ether oxygens (including phenoxy) is 1. The lowest BCUT2D eigenvalue weighted by Crippen LogP contribution is -2.35. The van der Waals surface area contributed by atoms with Gasteiger partial charge in [0.2, 0.25) is 0 Å². The van der Waals surface area contributed by atoms with Gasteiger partial charge in [-0.15, -0.1) is 0 Å². The molecule has 1 saturated heterocycles. The predicted molar refractivity (Wildman–Crippen MR) is 105 cm³/mol. The minimum Gasteiger partial charge on any atom is -0.379 e. The highest BCUT2D eigenvalue weighted by Crippen LogP contribution is 2.39. The van der Waals surface area contributed by atoms with Crippen molar-refractivity contribution in [1.82, 2.24) is 14.7 Å². The van der Waals surface area contributed by atoms with E-state index < -0.39 is 15.7 Å². The van der Waals surface area contributed by atoms with Gasteiger partial charge >= 0.3 is 0 Å². The fourth-order valence-electron chi connectivity index (χ4n) is 3.94. The summed E-state index contributed by atoms with van der Waals surface area (Å²) in [5.41, 5.74) is 3.32. The van der Waals surface area contributed by atoms with Gasteiger partial charge < -0.3 is 4.74 Å². The van der Waals surface area contributed by atoms with Crippen molar-refractivity contribution >= 4 is 9.84 Å². The van der Waals surface area contributed by atoms with Crippen molar-refractivity contribution in [1.29, 1.82) is 0 Å². The van der Waals surface area contributed by atoms with Gasteiger partial charge in [-0.1, -0.05) is 24.3 Å². The van der Waals surface area contributed by atoms with E-state index in [0.29, 0.717) is 16.8 Å². The molecule has 2 aliphatic rings. The van der Waals surface area contributed by atoms with E-state index in [0.717, 1.165) is 38.5 Å². The maximum atomic E-state index is 14.3. The van der Waals surface area contributed by atoms with E-state index in [-0.39, 0.29) is 10.6 Å². The van der Waals surface area contributed by atoms with Gasteiger partial charge in [0, 0.05) is 30.8 Å². The normalized spacial score (nSPS) is 18.2. The van der Waals surface area contributed by atoms with E-state index in [4.69, 9.17) is 4.74 Å². The molecule has 0 atom stereocenters. The largest absolute Gasteiger partial charge is 0.379 e. The molecule has 0 N–H and O–H groups in total. The fraction of sp³-hybridized carbons (Fsp3) is 0.286. The molecule has 0 saturated carbocycles. The Morgan fingerprint density at radius 1 is 1.10 bits per heavy atom. The summed E-state index contributed by atoms with van der Waals surface area (Å²) >= 11 is 0. The number of sulfone groups is 1. The molecule has 3 heterocycles. The van der Waals surface area contributed by atoms with Gasteiger partial charge in [-0.05, 0) is 23.8 Å². The van der Waals surface area contributed by atoms with Crippen LogP contribution in [-0.4, -0.2) is 49.4 Å². The Labute approximate surface area is 168 Å². The van der Waals surface area contributed by atoms with Gasteiger partial charge in [0.15, 0.2) is 9.84 Å². The van der Waals surface area contributed by atoms with Crippen molar-refractivity contribution in [3.63, 3.8) is 0 Å². The zero-order chi connectivity index (χ0) is 20.0. The Balaban J connectivity index is 1.51. The molecular formula is C21H19FN3O3S. The minimum absolute atomic E-state index is 0.258. The summed E-state index contributed by atoms with van der Waals surface area (Å²) in [6, 6.07) is 12.3. The van der Waals surface area contributed by atoms with Crippen LogP contribution >= 0.6 is 0 Å². The lowest BCUT2D eigenvalue weighted by molar-refractivity contribution is 0.0342. The van der Waals surface area contributed by atoms with E-state index in [1.165, 1.54) is 17.7 Å². The van der Waals surface area contributed by atoms with Gasteiger partial charge in [-0.25, -0.2) is 17.5 Å². The third-order valence-electron chi connectivity index (χ3n) is 5.34. The highest BCUT2D eigenvalue weighted by atomic mass is 32.2. The molecule has 0 aliphatic carbocycles. The maximum absolute atomic E-state index is 14.3. The Bertz CT molecular complexity index is 1170. The molecule has 2 aliphatic heterocycles. The highest BCUT2D eigenvalue weighted by molar-refractivity contribution is 7.90. The van der Waals surface area contributed by atoms with Crippen molar-refractivity contribution in [3.05, 3.63) is 65.6 Å². The quantitative estimate of drug-likeness (QED) is 0.662. The Morgan fingerprint density at radius 3 is 2.62 bits per heavy atom. The van der Waals surface area contributed by atoms with Crippen LogP contribution in [0, 0.1) is 12.0 Å². The summed E-state index contributed by atoms with van der Waals surface area (Å²) in [6.45, 7) is 4.19. The first-order chi connectivity index (χ1) is 14.0. The lowest BCUT2D eigenvalue weighted by Gasteiger charge is -2.26. The van der Waals surface area contributed by atoms with Crippen LogP contribution < -0.4 is 0 Å². The number of fused-ring (bicyclic) bond motifs is 3. The van der Waals surface area contributed by atoms with E-state index in [9.17, 15) is 12.8 Å². The second-order valence-corrected chi connectivity index (χ2v) is 9.21.